The van der Waals surface area contributed by atoms with Gasteiger partial charge in [-0.15, -0.1) is 0 Å². The maximum Gasteiger partial charge on any atom is 0.412 e. The highest BCUT2D eigenvalue weighted by atomic mass is 16.6. The summed E-state index contributed by atoms with van der Waals surface area (Å²) in [6.45, 7) is 6.58. The van der Waals surface area contributed by atoms with Gasteiger partial charge in [-0.1, -0.05) is 37.4 Å². The van der Waals surface area contributed by atoms with Crippen molar-refractivity contribution in [2.24, 2.45) is 0 Å². The molecular weight excluding hydrogens is 420 g/mol. The Hall–Kier alpha value is -4.34. The van der Waals surface area contributed by atoms with E-state index in [1.54, 1.807) is 24.3 Å². The molecule has 0 bridgehead atoms. The van der Waals surface area contributed by atoms with Crippen LogP contribution in [0.3, 0.4) is 0 Å². The normalized spacial score (nSPS) is 9.88. The van der Waals surface area contributed by atoms with E-state index in [1.807, 2.05) is 0 Å². The molecule has 168 valence electrons. The molecule has 2 rings (SSSR count). The highest BCUT2D eigenvalue weighted by Crippen LogP contribution is 2.33. The van der Waals surface area contributed by atoms with Gasteiger partial charge in [0.25, 0.3) is 0 Å². The van der Waals surface area contributed by atoms with Gasteiger partial charge in [0, 0.05) is 22.9 Å². The molecule has 10 heteroatoms. The molecular formula is C22H22N2O8. The smallest absolute Gasteiger partial charge is 0.412 e. The average Bonchev–Trinajstić information content (AvgIpc) is 2.80. The van der Waals surface area contributed by atoms with Gasteiger partial charge < -0.3 is 29.6 Å². The average molecular weight is 442 g/mol. The lowest BCUT2D eigenvalue weighted by atomic mass is 10.1. The first-order valence-corrected chi connectivity index (χ1v) is 9.46. The number of hydrogen-bond donors (Lipinski definition) is 2. The van der Waals surface area contributed by atoms with Crippen molar-refractivity contribution >= 4 is 34.9 Å². The molecule has 2 N–H and O–H groups in total. The maximum absolute atomic E-state index is 12.0. The van der Waals surface area contributed by atoms with Crippen LogP contribution in [0.2, 0.25) is 0 Å². The molecule has 2 aromatic rings. The minimum atomic E-state index is -0.745. The van der Waals surface area contributed by atoms with E-state index in [1.165, 1.54) is 12.1 Å². The van der Waals surface area contributed by atoms with Crippen molar-refractivity contribution in [3.8, 4) is 11.5 Å². The van der Waals surface area contributed by atoms with Crippen LogP contribution in [0.15, 0.2) is 61.7 Å². The third kappa shape index (κ3) is 7.48. The van der Waals surface area contributed by atoms with Crippen LogP contribution in [0, 0.1) is 0 Å². The Labute approximate surface area is 183 Å². The predicted molar refractivity (Wildman–Crippen MR) is 114 cm³/mol. The molecule has 2 amide bonds. The quantitative estimate of drug-likeness (QED) is 0.326. The molecule has 0 fully saturated rings. The monoisotopic (exact) mass is 442 g/mol. The minimum Gasteiger partial charge on any atom is -0.461 e. The lowest BCUT2D eigenvalue weighted by Gasteiger charge is -2.12. The number of carbonyl (C=O) groups is 4. The van der Waals surface area contributed by atoms with Gasteiger partial charge in [0.1, 0.15) is 24.7 Å². The Morgan fingerprint density at radius 3 is 1.50 bits per heavy atom. The second-order valence-corrected chi connectivity index (χ2v) is 5.98. The van der Waals surface area contributed by atoms with E-state index < -0.39 is 24.1 Å². The van der Waals surface area contributed by atoms with Crippen molar-refractivity contribution in [1.29, 1.82) is 0 Å². The van der Waals surface area contributed by atoms with Gasteiger partial charge in [-0.25, -0.2) is 19.2 Å². The Bertz CT molecular complexity index is 938. The number of nitrogens with one attached hydrogen (secondary N) is 2. The van der Waals surface area contributed by atoms with Gasteiger partial charge >= 0.3 is 24.1 Å². The maximum atomic E-state index is 12.0. The van der Waals surface area contributed by atoms with Crippen LogP contribution in [-0.2, 0) is 19.1 Å². The van der Waals surface area contributed by atoms with Gasteiger partial charge in [-0.05, 0) is 12.1 Å². The zero-order chi connectivity index (χ0) is 23.3. The zero-order valence-corrected chi connectivity index (χ0v) is 17.1. The molecule has 0 unspecified atom stereocenters. The first kappa shape index (κ1) is 23.9. The summed E-state index contributed by atoms with van der Waals surface area (Å²) in [5.74, 6) is -0.706. The molecule has 0 aliphatic carbocycles. The van der Waals surface area contributed by atoms with Crippen LogP contribution in [-0.4, -0.2) is 50.4 Å². The molecule has 0 spiro atoms. The van der Waals surface area contributed by atoms with E-state index in [9.17, 15) is 19.2 Å². The van der Waals surface area contributed by atoms with Crippen molar-refractivity contribution in [2.75, 3.05) is 26.3 Å². The molecule has 32 heavy (non-hydrogen) atoms. The molecule has 0 atom stereocenters. The van der Waals surface area contributed by atoms with E-state index in [0.717, 1.165) is 12.2 Å². The molecule has 0 aromatic heterocycles. The fourth-order valence-corrected chi connectivity index (χ4v) is 2.42. The lowest BCUT2D eigenvalue weighted by Crippen LogP contribution is -2.31. The number of benzene rings is 2. The second-order valence-electron chi connectivity index (χ2n) is 5.98. The molecule has 0 radical (unpaired) electrons. The fourth-order valence-electron chi connectivity index (χ4n) is 2.42. The largest absolute Gasteiger partial charge is 0.461 e. The molecule has 0 saturated carbocycles. The molecule has 0 heterocycles. The summed E-state index contributed by atoms with van der Waals surface area (Å²) in [7, 11) is 0. The van der Waals surface area contributed by atoms with Crippen LogP contribution in [0.1, 0.15) is 0 Å². The fraction of sp³-hybridized carbons (Fsp3) is 0.182. The number of amides is 2. The predicted octanol–water partition coefficient (Wildman–Crippen LogP) is 2.48. The van der Waals surface area contributed by atoms with Crippen molar-refractivity contribution < 1.29 is 38.1 Å². The summed E-state index contributed by atoms with van der Waals surface area (Å²) in [5, 5.41) is 5.97. The third-order valence-corrected chi connectivity index (χ3v) is 3.81. The summed E-state index contributed by atoms with van der Waals surface area (Å²) in [6, 6.07) is 9.83. The van der Waals surface area contributed by atoms with Gasteiger partial charge in [0.05, 0.1) is 13.1 Å². The summed E-state index contributed by atoms with van der Waals surface area (Å²) >= 11 is 0. The standard InChI is InChI=1S/C22H22N2O8/c1-3-19(25)29-13-11-23-21(27)31-17-9-10-18(16-8-6-5-7-15(16)17)32-22(28)24-12-14-30-20(26)4-2/h3-10H,1-2,11-14H2,(H,23,27)(H,24,28). The molecule has 0 saturated heterocycles. The van der Waals surface area contributed by atoms with Gasteiger partial charge in [0.2, 0.25) is 0 Å². The molecule has 0 aliphatic heterocycles. The topological polar surface area (TPSA) is 129 Å². The number of hydrogen-bond acceptors (Lipinski definition) is 8. The highest BCUT2D eigenvalue weighted by Gasteiger charge is 2.13. The van der Waals surface area contributed by atoms with Crippen LogP contribution in [0.4, 0.5) is 9.59 Å². The van der Waals surface area contributed by atoms with Crippen LogP contribution in [0.5, 0.6) is 11.5 Å². The Morgan fingerprint density at radius 2 is 1.12 bits per heavy atom. The highest BCUT2D eigenvalue weighted by molar-refractivity contribution is 5.95. The summed E-state index contributed by atoms with van der Waals surface area (Å²) in [4.78, 5) is 46.0. The Morgan fingerprint density at radius 1 is 0.719 bits per heavy atom. The van der Waals surface area contributed by atoms with Gasteiger partial charge in [0.15, 0.2) is 0 Å². The SMILES string of the molecule is C=CC(=O)OCCNC(=O)Oc1ccc(OC(=O)NCCOC(=O)C=C)c2ccccc12. The zero-order valence-electron chi connectivity index (χ0n) is 17.1. The first-order chi connectivity index (χ1) is 15.4. The molecule has 10 nitrogen and oxygen atoms in total. The minimum absolute atomic E-state index is 0.0324. The number of fused-ring (bicyclic) bond motifs is 1. The molecule has 2 aromatic carbocycles. The van der Waals surface area contributed by atoms with E-state index in [4.69, 9.17) is 18.9 Å². The first-order valence-electron chi connectivity index (χ1n) is 9.46. The summed E-state index contributed by atoms with van der Waals surface area (Å²) in [5.41, 5.74) is 0. The number of rotatable bonds is 10. The number of carbonyl (C=O) groups excluding carboxylic acids is 4. The number of esters is 2. The van der Waals surface area contributed by atoms with E-state index >= 15 is 0 Å². The van der Waals surface area contributed by atoms with Crippen molar-refractivity contribution in [2.45, 2.75) is 0 Å². The van der Waals surface area contributed by atoms with Crippen LogP contribution < -0.4 is 20.1 Å². The van der Waals surface area contributed by atoms with Crippen LogP contribution in [0.25, 0.3) is 10.8 Å². The van der Waals surface area contributed by atoms with E-state index in [2.05, 4.69) is 23.8 Å². The Kier molecular flexibility index (Phi) is 9.26. The van der Waals surface area contributed by atoms with Gasteiger partial charge in [-0.3, -0.25) is 0 Å². The van der Waals surface area contributed by atoms with Crippen molar-refractivity contribution in [3.05, 3.63) is 61.7 Å². The summed E-state index contributed by atoms with van der Waals surface area (Å²) in [6.07, 6.45) is 0.549. The van der Waals surface area contributed by atoms with Crippen molar-refractivity contribution in [1.82, 2.24) is 10.6 Å². The van der Waals surface area contributed by atoms with E-state index in [0.29, 0.717) is 10.8 Å². The van der Waals surface area contributed by atoms with Crippen LogP contribution >= 0.6 is 0 Å². The lowest BCUT2D eigenvalue weighted by molar-refractivity contribution is -0.138. The van der Waals surface area contributed by atoms with Crippen molar-refractivity contribution in [3.63, 3.8) is 0 Å². The third-order valence-electron chi connectivity index (χ3n) is 3.81. The molecule has 0 aliphatic rings. The summed E-state index contributed by atoms with van der Waals surface area (Å²) < 4.78 is 20.1. The van der Waals surface area contributed by atoms with E-state index in [-0.39, 0.29) is 37.8 Å². The number of ether oxygens (including phenoxy) is 4. The Balaban J connectivity index is 1.96. The van der Waals surface area contributed by atoms with Gasteiger partial charge in [-0.2, -0.15) is 0 Å². The second kappa shape index (κ2) is 12.4.